The summed E-state index contributed by atoms with van der Waals surface area (Å²) in [4.78, 5) is 16.9. The number of rotatable bonds is 2. The number of hydrogen-bond acceptors (Lipinski definition) is 3. The maximum atomic E-state index is 12.6. The van der Waals surface area contributed by atoms with Crippen LogP contribution in [0.25, 0.3) is 0 Å². The number of piperidine rings is 1. The molecule has 0 spiro atoms. The standard InChI is InChI=1S/C13H25N3O/c1-13(2,16-7-3-4-8-16)12(17)15-9-5-11(14)6-10-15/h11H,3-10,14H2,1-2H3. The van der Waals surface area contributed by atoms with Crippen molar-refractivity contribution in [2.24, 2.45) is 5.73 Å². The number of nitrogens with zero attached hydrogens (tertiary/aromatic N) is 2. The maximum absolute atomic E-state index is 12.6. The molecule has 2 saturated heterocycles. The zero-order valence-corrected chi connectivity index (χ0v) is 11.1. The molecule has 2 fully saturated rings. The lowest BCUT2D eigenvalue weighted by atomic mass is 9.98. The monoisotopic (exact) mass is 239 g/mol. The summed E-state index contributed by atoms with van der Waals surface area (Å²) in [5, 5.41) is 0. The third kappa shape index (κ3) is 2.63. The Morgan fingerprint density at radius 2 is 1.65 bits per heavy atom. The van der Waals surface area contributed by atoms with E-state index in [4.69, 9.17) is 5.73 Å². The van der Waals surface area contributed by atoms with Gasteiger partial charge in [-0.3, -0.25) is 9.69 Å². The second-order valence-electron chi connectivity index (χ2n) is 5.88. The second kappa shape index (κ2) is 4.94. The average molecular weight is 239 g/mol. The van der Waals surface area contributed by atoms with Crippen molar-refractivity contribution in [3.05, 3.63) is 0 Å². The lowest BCUT2D eigenvalue weighted by Crippen LogP contribution is -2.57. The lowest BCUT2D eigenvalue weighted by molar-refractivity contribution is -0.143. The molecule has 0 radical (unpaired) electrons. The van der Waals surface area contributed by atoms with Crippen molar-refractivity contribution in [2.45, 2.75) is 51.1 Å². The lowest BCUT2D eigenvalue weighted by Gasteiger charge is -2.40. The zero-order valence-electron chi connectivity index (χ0n) is 11.1. The van der Waals surface area contributed by atoms with Crippen LogP contribution in [0.3, 0.4) is 0 Å². The van der Waals surface area contributed by atoms with Gasteiger partial charge in [0, 0.05) is 19.1 Å². The van der Waals surface area contributed by atoms with Crippen LogP contribution in [0.4, 0.5) is 0 Å². The van der Waals surface area contributed by atoms with E-state index in [1.807, 2.05) is 4.90 Å². The highest BCUT2D eigenvalue weighted by Gasteiger charge is 2.39. The first-order chi connectivity index (χ1) is 8.01. The van der Waals surface area contributed by atoms with Crippen LogP contribution in [-0.4, -0.2) is 53.5 Å². The van der Waals surface area contributed by atoms with E-state index in [0.29, 0.717) is 0 Å². The fraction of sp³-hybridized carbons (Fsp3) is 0.923. The summed E-state index contributed by atoms with van der Waals surface area (Å²) in [6, 6.07) is 0.286. The number of amides is 1. The topological polar surface area (TPSA) is 49.6 Å². The van der Waals surface area contributed by atoms with E-state index >= 15 is 0 Å². The Bertz CT molecular complexity index is 276. The maximum Gasteiger partial charge on any atom is 0.242 e. The highest BCUT2D eigenvalue weighted by Crippen LogP contribution is 2.24. The van der Waals surface area contributed by atoms with Gasteiger partial charge in [-0.15, -0.1) is 0 Å². The van der Waals surface area contributed by atoms with Crippen molar-refractivity contribution in [3.8, 4) is 0 Å². The number of carbonyl (C=O) groups excluding carboxylic acids is 1. The third-order valence-electron chi connectivity index (χ3n) is 4.25. The summed E-state index contributed by atoms with van der Waals surface area (Å²) in [6.07, 6.45) is 4.34. The van der Waals surface area contributed by atoms with Gasteiger partial charge in [0.05, 0.1) is 5.54 Å². The quantitative estimate of drug-likeness (QED) is 0.776. The molecule has 0 aliphatic carbocycles. The molecule has 0 aromatic heterocycles. The molecule has 2 aliphatic heterocycles. The summed E-state index contributed by atoms with van der Waals surface area (Å²) in [6.45, 7) is 7.91. The van der Waals surface area contributed by atoms with E-state index < -0.39 is 0 Å². The Morgan fingerprint density at radius 1 is 1.12 bits per heavy atom. The molecule has 2 rings (SSSR count). The van der Waals surface area contributed by atoms with Crippen LogP contribution in [0.15, 0.2) is 0 Å². The molecule has 4 nitrogen and oxygen atoms in total. The highest BCUT2D eigenvalue weighted by atomic mass is 16.2. The minimum atomic E-state index is -0.335. The second-order valence-corrected chi connectivity index (χ2v) is 5.88. The first kappa shape index (κ1) is 12.8. The van der Waals surface area contributed by atoms with E-state index in [0.717, 1.165) is 39.0 Å². The van der Waals surface area contributed by atoms with Crippen LogP contribution in [0.2, 0.25) is 0 Å². The van der Waals surface area contributed by atoms with Gasteiger partial charge in [0.15, 0.2) is 0 Å². The Morgan fingerprint density at radius 3 is 2.18 bits per heavy atom. The number of likely N-dealkylation sites (tertiary alicyclic amines) is 2. The molecule has 0 atom stereocenters. The van der Waals surface area contributed by atoms with Gasteiger partial charge >= 0.3 is 0 Å². The van der Waals surface area contributed by atoms with Gasteiger partial charge < -0.3 is 10.6 Å². The van der Waals surface area contributed by atoms with Crippen molar-refractivity contribution >= 4 is 5.91 Å². The largest absolute Gasteiger partial charge is 0.341 e. The van der Waals surface area contributed by atoms with Crippen molar-refractivity contribution in [2.75, 3.05) is 26.2 Å². The van der Waals surface area contributed by atoms with E-state index in [2.05, 4.69) is 18.7 Å². The number of nitrogens with two attached hydrogens (primary N) is 1. The summed E-state index contributed by atoms with van der Waals surface area (Å²) in [5.41, 5.74) is 5.54. The van der Waals surface area contributed by atoms with Gasteiger partial charge in [0.25, 0.3) is 0 Å². The van der Waals surface area contributed by atoms with Gasteiger partial charge in [-0.25, -0.2) is 0 Å². The van der Waals surface area contributed by atoms with E-state index in [1.165, 1.54) is 12.8 Å². The minimum Gasteiger partial charge on any atom is -0.341 e. The van der Waals surface area contributed by atoms with Gasteiger partial charge in [-0.05, 0) is 52.6 Å². The van der Waals surface area contributed by atoms with Crippen LogP contribution in [-0.2, 0) is 4.79 Å². The Kier molecular flexibility index (Phi) is 3.73. The molecular weight excluding hydrogens is 214 g/mol. The van der Waals surface area contributed by atoms with Gasteiger partial charge in [-0.1, -0.05) is 0 Å². The molecular formula is C13H25N3O. The summed E-state index contributed by atoms with van der Waals surface area (Å²) < 4.78 is 0. The van der Waals surface area contributed by atoms with Crippen LogP contribution >= 0.6 is 0 Å². The van der Waals surface area contributed by atoms with Crippen molar-refractivity contribution in [1.82, 2.24) is 9.80 Å². The molecule has 0 bridgehead atoms. The summed E-state index contributed by atoms with van der Waals surface area (Å²) in [7, 11) is 0. The summed E-state index contributed by atoms with van der Waals surface area (Å²) >= 11 is 0. The highest BCUT2D eigenvalue weighted by molar-refractivity contribution is 5.85. The van der Waals surface area contributed by atoms with E-state index in [1.54, 1.807) is 0 Å². The number of hydrogen-bond donors (Lipinski definition) is 1. The molecule has 0 saturated carbocycles. The third-order valence-corrected chi connectivity index (χ3v) is 4.25. The van der Waals surface area contributed by atoms with E-state index in [9.17, 15) is 4.79 Å². The molecule has 2 heterocycles. The van der Waals surface area contributed by atoms with Gasteiger partial charge in [0.1, 0.15) is 0 Å². The Balaban J connectivity index is 1.98. The predicted molar refractivity (Wildman–Crippen MR) is 68.7 cm³/mol. The van der Waals surface area contributed by atoms with Crippen molar-refractivity contribution in [1.29, 1.82) is 0 Å². The molecule has 2 aliphatic rings. The van der Waals surface area contributed by atoms with Crippen molar-refractivity contribution < 1.29 is 4.79 Å². The fourth-order valence-electron chi connectivity index (χ4n) is 2.90. The molecule has 0 aromatic carbocycles. The zero-order chi connectivity index (χ0) is 12.5. The van der Waals surface area contributed by atoms with Crippen LogP contribution in [0.5, 0.6) is 0 Å². The van der Waals surface area contributed by atoms with Crippen molar-refractivity contribution in [3.63, 3.8) is 0 Å². The minimum absolute atomic E-state index is 0.284. The van der Waals surface area contributed by atoms with Crippen LogP contribution < -0.4 is 5.73 Å². The normalized spacial score (nSPS) is 24.3. The molecule has 1 amide bonds. The summed E-state index contributed by atoms with van der Waals surface area (Å²) in [5.74, 6) is 0.284. The molecule has 0 aromatic rings. The van der Waals surface area contributed by atoms with Gasteiger partial charge in [0.2, 0.25) is 5.91 Å². The first-order valence-electron chi connectivity index (χ1n) is 6.82. The fourth-order valence-corrected chi connectivity index (χ4v) is 2.90. The predicted octanol–water partition coefficient (Wildman–Crippen LogP) is 0.811. The van der Waals surface area contributed by atoms with Crippen LogP contribution in [0, 0.1) is 0 Å². The molecule has 17 heavy (non-hydrogen) atoms. The molecule has 98 valence electrons. The first-order valence-corrected chi connectivity index (χ1v) is 6.82. The Hall–Kier alpha value is -0.610. The average Bonchev–Trinajstić information content (AvgIpc) is 2.83. The number of carbonyl (C=O) groups is 1. The SMILES string of the molecule is CC(C)(C(=O)N1CCC(N)CC1)N1CCCC1. The molecule has 0 unspecified atom stereocenters. The van der Waals surface area contributed by atoms with Crippen LogP contribution in [0.1, 0.15) is 39.5 Å². The Labute approximate surface area is 104 Å². The van der Waals surface area contributed by atoms with Gasteiger partial charge in [-0.2, -0.15) is 0 Å². The smallest absolute Gasteiger partial charge is 0.242 e. The molecule has 2 N–H and O–H groups in total. The molecule has 4 heteroatoms. The van der Waals surface area contributed by atoms with E-state index in [-0.39, 0.29) is 17.5 Å².